The van der Waals surface area contributed by atoms with Crippen molar-refractivity contribution < 1.29 is 0 Å². The average Bonchev–Trinajstić information content (AvgIpc) is 3.02. The van der Waals surface area contributed by atoms with Crippen molar-refractivity contribution in [2.45, 2.75) is 55.4 Å². The van der Waals surface area contributed by atoms with Crippen LogP contribution in [-0.4, -0.2) is 35.8 Å². The number of aromatic nitrogens is 1. The monoisotopic (exact) mass is 314 g/mol. The number of hydrogen-bond donors (Lipinski definition) is 1. The lowest BCUT2D eigenvalue weighted by molar-refractivity contribution is 0.308. The highest BCUT2D eigenvalue weighted by atomic mass is 32.2. The largest absolute Gasteiger partial charge is 0.358 e. The first-order valence-corrected chi connectivity index (χ1v) is 9.88. The summed E-state index contributed by atoms with van der Waals surface area (Å²) in [6.07, 6.45) is 10.3. The number of benzene rings is 1. The molecule has 1 aliphatic carbocycles. The predicted octanol–water partition coefficient (Wildman–Crippen LogP) is 4.79. The van der Waals surface area contributed by atoms with Gasteiger partial charge in [-0.15, -0.1) is 11.8 Å². The van der Waals surface area contributed by atoms with Crippen molar-refractivity contribution in [1.82, 2.24) is 9.88 Å². The molecule has 1 N–H and O–H groups in total. The number of thioether (sulfide) groups is 1. The summed E-state index contributed by atoms with van der Waals surface area (Å²) >= 11 is 1.89. The molecular weight excluding hydrogens is 288 g/mol. The number of nitrogens with zero attached hydrogens (tertiary/aromatic N) is 1. The third kappa shape index (κ3) is 2.39. The predicted molar refractivity (Wildman–Crippen MR) is 96.0 cm³/mol. The van der Waals surface area contributed by atoms with Crippen LogP contribution >= 0.6 is 11.8 Å². The highest BCUT2D eigenvalue weighted by Gasteiger charge is 2.29. The highest BCUT2D eigenvalue weighted by molar-refractivity contribution is 7.98. The van der Waals surface area contributed by atoms with Crippen molar-refractivity contribution in [2.75, 3.05) is 19.8 Å². The number of nitrogens with one attached hydrogen (secondary N) is 1. The standard InChI is InChI=1S/C19H26N2S/c1-21-11-5-8-14(21)12-15-18-16(9-4-10-17(18)22-2)20-19(15)13-6-3-7-13/h4,9-10,13-14,20H,3,5-8,11-12H2,1-2H3/t14-/m1/s1. The van der Waals surface area contributed by atoms with Crippen LogP contribution in [0.4, 0.5) is 0 Å². The Kier molecular flexibility index (Phi) is 3.95. The minimum Gasteiger partial charge on any atom is -0.358 e. The van der Waals surface area contributed by atoms with Crippen LogP contribution in [0.3, 0.4) is 0 Å². The Balaban J connectivity index is 1.81. The van der Waals surface area contributed by atoms with Crippen LogP contribution < -0.4 is 0 Å². The van der Waals surface area contributed by atoms with Gasteiger partial charge in [0.2, 0.25) is 0 Å². The van der Waals surface area contributed by atoms with E-state index in [2.05, 4.69) is 41.4 Å². The zero-order chi connectivity index (χ0) is 15.1. The molecule has 0 spiro atoms. The summed E-state index contributed by atoms with van der Waals surface area (Å²) in [7, 11) is 2.30. The molecular formula is C19H26N2S. The number of H-pyrrole nitrogens is 1. The smallest absolute Gasteiger partial charge is 0.0470 e. The second-order valence-corrected chi connectivity index (χ2v) is 7.86. The molecule has 0 unspecified atom stereocenters. The number of likely N-dealkylation sites (tertiary alicyclic amines) is 1. The van der Waals surface area contributed by atoms with Crippen LogP contribution in [0.1, 0.15) is 49.3 Å². The van der Waals surface area contributed by atoms with E-state index in [1.165, 1.54) is 60.9 Å². The number of rotatable bonds is 4. The molecule has 1 atom stereocenters. The summed E-state index contributed by atoms with van der Waals surface area (Å²) in [5.41, 5.74) is 4.54. The van der Waals surface area contributed by atoms with Crippen molar-refractivity contribution in [3.8, 4) is 0 Å². The zero-order valence-corrected chi connectivity index (χ0v) is 14.5. The van der Waals surface area contributed by atoms with Crippen molar-refractivity contribution in [3.05, 3.63) is 29.5 Å². The van der Waals surface area contributed by atoms with Crippen LogP contribution in [0.5, 0.6) is 0 Å². The summed E-state index contributed by atoms with van der Waals surface area (Å²) in [5.74, 6) is 0.781. The Morgan fingerprint density at radius 2 is 2.09 bits per heavy atom. The normalized spacial score (nSPS) is 23.3. The number of aromatic amines is 1. The van der Waals surface area contributed by atoms with E-state index in [1.54, 1.807) is 11.3 Å². The second kappa shape index (κ2) is 5.93. The Hall–Kier alpha value is -0.930. The summed E-state index contributed by atoms with van der Waals surface area (Å²) in [4.78, 5) is 7.80. The summed E-state index contributed by atoms with van der Waals surface area (Å²) in [6, 6.07) is 7.47. The van der Waals surface area contributed by atoms with Crippen LogP contribution in [0, 0.1) is 0 Å². The molecule has 1 aromatic carbocycles. The Labute approximate surface area is 137 Å². The maximum Gasteiger partial charge on any atom is 0.0470 e. The van der Waals surface area contributed by atoms with E-state index in [0.717, 1.165) is 12.0 Å². The molecule has 2 nitrogen and oxygen atoms in total. The molecule has 0 amide bonds. The molecule has 4 rings (SSSR count). The van der Waals surface area contributed by atoms with E-state index in [-0.39, 0.29) is 0 Å². The van der Waals surface area contributed by atoms with Crippen molar-refractivity contribution in [1.29, 1.82) is 0 Å². The van der Waals surface area contributed by atoms with Gasteiger partial charge in [0.1, 0.15) is 0 Å². The zero-order valence-electron chi connectivity index (χ0n) is 13.7. The van der Waals surface area contributed by atoms with Crippen LogP contribution in [-0.2, 0) is 6.42 Å². The second-order valence-electron chi connectivity index (χ2n) is 7.01. The quantitative estimate of drug-likeness (QED) is 0.818. The molecule has 3 heteroatoms. The van der Waals surface area contributed by atoms with Gasteiger partial charge in [0.15, 0.2) is 0 Å². The van der Waals surface area contributed by atoms with Gasteiger partial charge in [-0.25, -0.2) is 0 Å². The summed E-state index contributed by atoms with van der Waals surface area (Å²) in [6.45, 7) is 1.27. The van der Waals surface area contributed by atoms with Crippen LogP contribution in [0.2, 0.25) is 0 Å². The molecule has 118 valence electrons. The molecule has 0 radical (unpaired) electrons. The van der Waals surface area contributed by atoms with E-state index in [1.807, 2.05) is 11.8 Å². The molecule has 22 heavy (non-hydrogen) atoms. The Morgan fingerprint density at radius 3 is 2.73 bits per heavy atom. The fourth-order valence-corrected chi connectivity index (χ4v) is 4.85. The number of likely N-dealkylation sites (N-methyl/N-ethyl adjacent to an activating group) is 1. The minimum atomic E-state index is 0.729. The molecule has 2 fully saturated rings. The molecule has 2 aliphatic rings. The number of hydrogen-bond acceptors (Lipinski definition) is 2. The van der Waals surface area contributed by atoms with Crippen LogP contribution in [0.15, 0.2) is 23.1 Å². The van der Waals surface area contributed by atoms with Crippen molar-refractivity contribution in [2.24, 2.45) is 0 Å². The van der Waals surface area contributed by atoms with E-state index in [0.29, 0.717) is 0 Å². The topological polar surface area (TPSA) is 19.0 Å². The lowest BCUT2D eigenvalue weighted by atomic mass is 9.80. The van der Waals surface area contributed by atoms with E-state index in [4.69, 9.17) is 0 Å². The molecule has 1 aromatic heterocycles. The van der Waals surface area contributed by atoms with Gasteiger partial charge >= 0.3 is 0 Å². The first kappa shape index (κ1) is 14.6. The summed E-state index contributed by atoms with van der Waals surface area (Å²) in [5, 5.41) is 1.51. The van der Waals surface area contributed by atoms with Gasteiger partial charge in [0, 0.05) is 27.5 Å². The van der Waals surface area contributed by atoms with E-state index in [9.17, 15) is 0 Å². The number of fused-ring (bicyclic) bond motifs is 1. The van der Waals surface area contributed by atoms with Gasteiger partial charge in [-0.1, -0.05) is 12.5 Å². The van der Waals surface area contributed by atoms with Gasteiger partial charge in [0.25, 0.3) is 0 Å². The van der Waals surface area contributed by atoms with Crippen molar-refractivity contribution >= 4 is 22.7 Å². The van der Waals surface area contributed by atoms with Gasteiger partial charge < -0.3 is 9.88 Å². The lowest BCUT2D eigenvalue weighted by Gasteiger charge is -2.27. The van der Waals surface area contributed by atoms with E-state index >= 15 is 0 Å². The first-order chi connectivity index (χ1) is 10.8. The third-order valence-corrected chi connectivity index (χ3v) is 6.55. The SMILES string of the molecule is CSc1cccc2[nH]c(C3CCC3)c(C[C@H]3CCCN3C)c12. The van der Waals surface area contributed by atoms with Gasteiger partial charge in [0.05, 0.1) is 0 Å². The highest BCUT2D eigenvalue weighted by Crippen LogP contribution is 2.42. The summed E-state index contributed by atoms with van der Waals surface area (Å²) < 4.78 is 0. The average molecular weight is 314 g/mol. The van der Waals surface area contributed by atoms with Gasteiger partial charge in [-0.2, -0.15) is 0 Å². The Bertz CT molecular complexity index is 671. The van der Waals surface area contributed by atoms with Crippen LogP contribution in [0.25, 0.3) is 10.9 Å². The maximum atomic E-state index is 3.80. The van der Waals surface area contributed by atoms with Gasteiger partial charge in [-0.05, 0) is 75.6 Å². The molecule has 2 heterocycles. The minimum absolute atomic E-state index is 0.729. The lowest BCUT2D eigenvalue weighted by Crippen LogP contribution is -2.27. The maximum absolute atomic E-state index is 3.80. The molecule has 1 saturated carbocycles. The van der Waals surface area contributed by atoms with Gasteiger partial charge in [-0.3, -0.25) is 0 Å². The third-order valence-electron chi connectivity index (χ3n) is 5.77. The fraction of sp³-hybridized carbons (Fsp3) is 0.579. The van der Waals surface area contributed by atoms with E-state index < -0.39 is 0 Å². The first-order valence-electron chi connectivity index (χ1n) is 8.65. The van der Waals surface area contributed by atoms with Crippen molar-refractivity contribution in [3.63, 3.8) is 0 Å². The molecule has 1 saturated heterocycles. The molecule has 1 aliphatic heterocycles. The Morgan fingerprint density at radius 1 is 1.23 bits per heavy atom. The molecule has 2 aromatic rings. The fourth-order valence-electron chi connectivity index (χ4n) is 4.20. The molecule has 0 bridgehead atoms.